The van der Waals surface area contributed by atoms with E-state index in [0.29, 0.717) is 12.8 Å². The summed E-state index contributed by atoms with van der Waals surface area (Å²) in [6.07, 6.45) is 90.8. The highest BCUT2D eigenvalue weighted by Crippen LogP contribution is 2.17. The molecule has 3 N–H and O–H groups in total. The van der Waals surface area contributed by atoms with Crippen LogP contribution in [0.1, 0.15) is 284 Å². The number of rotatable bonds is 54. The van der Waals surface area contributed by atoms with Crippen LogP contribution in [0, 0.1) is 0 Å². The van der Waals surface area contributed by atoms with Gasteiger partial charge >= 0.3 is 0 Å². The van der Waals surface area contributed by atoms with Crippen molar-refractivity contribution < 1.29 is 15.0 Å². The monoisotopic (exact) mass is 970 g/mol. The average Bonchev–Trinajstić information content (AvgIpc) is 3.36. The van der Waals surface area contributed by atoms with Gasteiger partial charge in [-0.1, -0.05) is 303 Å². The second kappa shape index (κ2) is 60.4. The number of carbonyl (C=O) groups is 1. The molecule has 0 aliphatic heterocycles. The van der Waals surface area contributed by atoms with E-state index in [1.807, 2.05) is 0 Å². The van der Waals surface area contributed by atoms with E-state index in [0.717, 1.165) is 83.5 Å². The molecule has 0 aliphatic rings. The van der Waals surface area contributed by atoms with Crippen LogP contribution < -0.4 is 5.32 Å². The molecular weight excluding hydrogens is 855 g/mol. The van der Waals surface area contributed by atoms with Crippen molar-refractivity contribution in [1.82, 2.24) is 5.32 Å². The van der Waals surface area contributed by atoms with Crippen molar-refractivity contribution in [3.05, 3.63) is 109 Å². The molecule has 70 heavy (non-hydrogen) atoms. The van der Waals surface area contributed by atoms with E-state index in [-0.39, 0.29) is 12.5 Å². The Balaban J connectivity index is 3.56. The van der Waals surface area contributed by atoms with E-state index in [9.17, 15) is 15.0 Å². The van der Waals surface area contributed by atoms with Crippen molar-refractivity contribution in [1.29, 1.82) is 0 Å². The molecule has 0 heterocycles. The van der Waals surface area contributed by atoms with Gasteiger partial charge in [-0.2, -0.15) is 0 Å². The summed E-state index contributed by atoms with van der Waals surface area (Å²) in [5.41, 5.74) is 0. The molecule has 0 saturated heterocycles. The van der Waals surface area contributed by atoms with Crippen LogP contribution in [-0.2, 0) is 4.79 Å². The maximum atomic E-state index is 12.5. The molecule has 0 rings (SSSR count). The molecule has 0 bridgehead atoms. The van der Waals surface area contributed by atoms with Crippen LogP contribution in [-0.4, -0.2) is 34.9 Å². The van der Waals surface area contributed by atoms with E-state index in [2.05, 4.69) is 129 Å². The van der Waals surface area contributed by atoms with Crippen LogP contribution in [0.4, 0.5) is 0 Å². The number of carbonyl (C=O) groups excluding carboxylic acids is 1. The maximum absolute atomic E-state index is 12.5. The first-order chi connectivity index (χ1) is 34.7. The Morgan fingerprint density at radius 3 is 0.943 bits per heavy atom. The zero-order valence-corrected chi connectivity index (χ0v) is 46.3. The molecule has 0 radical (unpaired) electrons. The lowest BCUT2D eigenvalue weighted by Crippen LogP contribution is -2.45. The summed E-state index contributed by atoms with van der Waals surface area (Å²) in [4.78, 5) is 12.5. The van der Waals surface area contributed by atoms with E-state index < -0.39 is 12.1 Å². The lowest BCUT2D eigenvalue weighted by Gasteiger charge is -2.22. The zero-order chi connectivity index (χ0) is 50.6. The van der Waals surface area contributed by atoms with Gasteiger partial charge < -0.3 is 15.5 Å². The minimum Gasteiger partial charge on any atom is -0.394 e. The molecule has 0 saturated carbocycles. The standard InChI is InChI=1S/C66H115NO3/c1-3-5-7-9-11-13-15-17-19-21-23-25-26-27-28-29-30-31-32-33-34-35-36-37-38-39-40-42-44-46-48-50-52-54-56-58-60-62-66(70)67-64(63-68)65(69)61-59-57-55-53-51-49-47-45-43-41-24-22-20-18-16-14-12-10-8-6-4-2/h5,7,11,13,17,19,23,25,27-28,30-31,33-34,36-37,39-40,64-65,68-69H,3-4,6,8-10,12,14-16,18,20-22,24,26,29,32,35,38,41-63H2,1-2H3,(H,67,70)/b7-5-,13-11-,19-17-,25-23-,28-27-,31-30-,34-33-,37-36-,40-39-. The van der Waals surface area contributed by atoms with Gasteiger partial charge in [0.2, 0.25) is 5.91 Å². The molecule has 402 valence electrons. The normalized spacial score (nSPS) is 13.6. The number of unbranched alkanes of at least 4 members (excludes halogenated alkanes) is 29. The van der Waals surface area contributed by atoms with Crippen LogP contribution in [0.3, 0.4) is 0 Å². The number of hydrogen-bond donors (Lipinski definition) is 3. The quantitative estimate of drug-likeness (QED) is 0.0420. The van der Waals surface area contributed by atoms with Crippen LogP contribution in [0.2, 0.25) is 0 Å². The van der Waals surface area contributed by atoms with E-state index in [4.69, 9.17) is 0 Å². The van der Waals surface area contributed by atoms with Gasteiger partial charge in [0.15, 0.2) is 0 Å². The first-order valence-electron chi connectivity index (χ1n) is 30.1. The van der Waals surface area contributed by atoms with Crippen molar-refractivity contribution >= 4 is 5.91 Å². The van der Waals surface area contributed by atoms with Crippen molar-refractivity contribution in [2.45, 2.75) is 296 Å². The van der Waals surface area contributed by atoms with Crippen LogP contribution >= 0.6 is 0 Å². The van der Waals surface area contributed by atoms with Gasteiger partial charge in [0.25, 0.3) is 0 Å². The number of nitrogens with one attached hydrogen (secondary N) is 1. The Morgan fingerprint density at radius 1 is 0.357 bits per heavy atom. The Bertz CT molecular complexity index is 1330. The number of amides is 1. The summed E-state index contributed by atoms with van der Waals surface area (Å²) < 4.78 is 0. The van der Waals surface area contributed by atoms with Crippen LogP contribution in [0.15, 0.2) is 109 Å². The van der Waals surface area contributed by atoms with Crippen molar-refractivity contribution in [2.24, 2.45) is 0 Å². The second-order valence-corrected chi connectivity index (χ2v) is 20.0. The first-order valence-corrected chi connectivity index (χ1v) is 30.1. The van der Waals surface area contributed by atoms with Gasteiger partial charge in [0, 0.05) is 6.42 Å². The Morgan fingerprint density at radius 2 is 0.629 bits per heavy atom. The Kier molecular flexibility index (Phi) is 57.8. The minimum absolute atomic E-state index is 0.0393. The van der Waals surface area contributed by atoms with Gasteiger partial charge in [-0.25, -0.2) is 0 Å². The maximum Gasteiger partial charge on any atom is 0.220 e. The fourth-order valence-electron chi connectivity index (χ4n) is 8.77. The number of aliphatic hydroxyl groups excluding tert-OH is 2. The van der Waals surface area contributed by atoms with Crippen molar-refractivity contribution in [3.8, 4) is 0 Å². The van der Waals surface area contributed by atoms with Gasteiger partial charge in [0.05, 0.1) is 18.8 Å². The largest absolute Gasteiger partial charge is 0.394 e. The first kappa shape index (κ1) is 67.0. The molecule has 0 aromatic carbocycles. The van der Waals surface area contributed by atoms with Crippen LogP contribution in [0.5, 0.6) is 0 Å². The third-order valence-corrected chi connectivity index (χ3v) is 13.3. The van der Waals surface area contributed by atoms with Gasteiger partial charge in [-0.3, -0.25) is 4.79 Å². The highest BCUT2D eigenvalue weighted by molar-refractivity contribution is 5.76. The SMILES string of the molecule is CC/C=C\C/C=C\C/C=C\C/C=C\C/C=C\C/C=C\C/C=C\C/C=C\C/C=C\CCCCCCCCCCCC(=O)NC(CO)C(O)CCCCCCCCCCCCCCCCCCCCCCC. The molecule has 0 aliphatic carbocycles. The minimum atomic E-state index is -0.670. The predicted molar refractivity (Wildman–Crippen MR) is 313 cm³/mol. The summed E-state index contributed by atoms with van der Waals surface area (Å²) in [5, 5.41) is 23.4. The van der Waals surface area contributed by atoms with Gasteiger partial charge in [-0.05, 0) is 83.5 Å². The number of hydrogen-bond acceptors (Lipinski definition) is 3. The second-order valence-electron chi connectivity index (χ2n) is 20.0. The Labute approximate surface area is 436 Å². The highest BCUT2D eigenvalue weighted by Gasteiger charge is 2.20. The third-order valence-electron chi connectivity index (χ3n) is 13.3. The molecule has 4 nitrogen and oxygen atoms in total. The summed E-state index contributed by atoms with van der Waals surface area (Å²) in [7, 11) is 0. The average molecular weight is 971 g/mol. The van der Waals surface area contributed by atoms with E-state index in [1.54, 1.807) is 0 Å². The van der Waals surface area contributed by atoms with Gasteiger partial charge in [-0.15, -0.1) is 0 Å². The summed E-state index contributed by atoms with van der Waals surface area (Å²) in [5.74, 6) is -0.0393. The molecule has 0 aromatic heterocycles. The van der Waals surface area contributed by atoms with Crippen molar-refractivity contribution in [2.75, 3.05) is 6.61 Å². The molecule has 2 unspecified atom stereocenters. The highest BCUT2D eigenvalue weighted by atomic mass is 16.3. The van der Waals surface area contributed by atoms with E-state index in [1.165, 1.54) is 173 Å². The smallest absolute Gasteiger partial charge is 0.220 e. The number of allylic oxidation sites excluding steroid dienone is 18. The fraction of sp³-hybridized carbons (Fsp3) is 0.712. The lowest BCUT2D eigenvalue weighted by atomic mass is 10.0. The van der Waals surface area contributed by atoms with Crippen LogP contribution in [0.25, 0.3) is 0 Å². The van der Waals surface area contributed by atoms with Gasteiger partial charge in [0.1, 0.15) is 0 Å². The fourth-order valence-corrected chi connectivity index (χ4v) is 8.77. The molecular formula is C66H115NO3. The molecule has 1 amide bonds. The molecule has 4 heteroatoms. The summed E-state index contributed by atoms with van der Waals surface area (Å²) in [6, 6.07) is -0.548. The van der Waals surface area contributed by atoms with Crippen molar-refractivity contribution in [3.63, 3.8) is 0 Å². The molecule has 0 spiro atoms. The predicted octanol–water partition coefficient (Wildman–Crippen LogP) is 20.3. The molecule has 2 atom stereocenters. The number of aliphatic hydroxyl groups is 2. The molecule has 0 fully saturated rings. The Hall–Kier alpha value is -2.95. The summed E-state index contributed by atoms with van der Waals surface area (Å²) in [6.45, 7) is 4.26. The zero-order valence-electron chi connectivity index (χ0n) is 46.3. The molecule has 0 aromatic rings. The van der Waals surface area contributed by atoms with E-state index >= 15 is 0 Å². The third kappa shape index (κ3) is 56.0. The topological polar surface area (TPSA) is 69.6 Å². The lowest BCUT2D eigenvalue weighted by molar-refractivity contribution is -0.123. The summed E-state index contributed by atoms with van der Waals surface area (Å²) >= 11 is 0.